The Morgan fingerprint density at radius 1 is 1.23 bits per heavy atom. The van der Waals surface area contributed by atoms with Gasteiger partial charge in [-0.05, 0) is 19.3 Å². The number of carboxylic acid groups (broad SMARTS) is 1. The largest absolute Gasteiger partial charge is 0.464 e. The summed E-state index contributed by atoms with van der Waals surface area (Å²) in [6.45, 7) is 0.812. The molecule has 4 heteroatoms. The number of hydrogen-bond donors (Lipinski definition) is 2. The Bertz CT molecular complexity index is 212. The number of amides is 1. The van der Waals surface area contributed by atoms with E-state index in [1.54, 1.807) is 0 Å². The molecule has 2 N–H and O–H groups in total. The van der Waals surface area contributed by atoms with Crippen molar-refractivity contribution in [2.75, 3.05) is 6.54 Å². The van der Waals surface area contributed by atoms with Gasteiger partial charge in [-0.3, -0.25) is 0 Å². The van der Waals surface area contributed by atoms with Crippen LogP contribution >= 0.6 is 0 Å². The highest BCUT2D eigenvalue weighted by molar-refractivity contribution is 5.66. The number of nitrogens with zero attached hydrogens (tertiary/aromatic N) is 1. The average molecular weight is 184 g/mol. The molecular weight excluding hydrogens is 168 g/mol. The number of hydrogen-bond acceptors (Lipinski definition) is 2. The summed E-state index contributed by atoms with van der Waals surface area (Å²) in [5.41, 5.74) is 2.88. The predicted molar refractivity (Wildman–Crippen MR) is 48.3 cm³/mol. The fraction of sp³-hybridized carbons (Fsp3) is 0.889. The zero-order valence-electron chi connectivity index (χ0n) is 7.75. The lowest BCUT2D eigenvalue weighted by Gasteiger charge is -2.38. The Morgan fingerprint density at radius 2 is 1.92 bits per heavy atom. The van der Waals surface area contributed by atoms with Crippen LogP contribution in [0.3, 0.4) is 0 Å². The molecule has 0 aromatic heterocycles. The molecule has 1 saturated carbocycles. The molecule has 0 aromatic carbocycles. The first-order chi connectivity index (χ1) is 6.25. The second-order valence-electron chi connectivity index (χ2n) is 4.06. The van der Waals surface area contributed by atoms with Crippen LogP contribution in [0.15, 0.2) is 0 Å². The quantitative estimate of drug-likeness (QED) is 0.601. The molecule has 2 aliphatic rings. The minimum Gasteiger partial charge on any atom is -0.464 e. The highest BCUT2D eigenvalue weighted by Gasteiger charge is 2.44. The molecule has 13 heavy (non-hydrogen) atoms. The van der Waals surface area contributed by atoms with E-state index < -0.39 is 6.09 Å². The Morgan fingerprint density at radius 3 is 2.54 bits per heavy atom. The average Bonchev–Trinajstić information content (AvgIpc) is 2.50. The molecule has 1 aliphatic heterocycles. The molecule has 1 spiro atoms. The van der Waals surface area contributed by atoms with Crippen molar-refractivity contribution in [1.29, 1.82) is 0 Å². The minimum atomic E-state index is -0.820. The monoisotopic (exact) mass is 184 g/mol. The van der Waals surface area contributed by atoms with Crippen molar-refractivity contribution < 1.29 is 9.90 Å². The van der Waals surface area contributed by atoms with Crippen molar-refractivity contribution >= 4 is 6.09 Å². The van der Waals surface area contributed by atoms with Gasteiger partial charge in [-0.25, -0.2) is 15.2 Å². The Labute approximate surface area is 77.9 Å². The van der Waals surface area contributed by atoms with Gasteiger partial charge in [0.25, 0.3) is 0 Å². The van der Waals surface area contributed by atoms with Crippen molar-refractivity contribution in [2.24, 2.45) is 0 Å². The van der Waals surface area contributed by atoms with Crippen molar-refractivity contribution in [3.05, 3.63) is 0 Å². The molecule has 0 bridgehead atoms. The number of carbonyl (C=O) groups is 1. The summed E-state index contributed by atoms with van der Waals surface area (Å²) in [7, 11) is 0. The summed E-state index contributed by atoms with van der Waals surface area (Å²) in [6.07, 6.45) is 5.84. The van der Waals surface area contributed by atoms with E-state index in [1.807, 2.05) is 0 Å². The van der Waals surface area contributed by atoms with Gasteiger partial charge >= 0.3 is 6.09 Å². The summed E-state index contributed by atoms with van der Waals surface area (Å²) in [5, 5.41) is 10.4. The standard InChI is InChI=1S/C9H16N2O2/c12-8(13)11-9(6-7-10-11)4-2-1-3-5-9/h10H,1-7H2,(H,12,13). The summed E-state index contributed by atoms with van der Waals surface area (Å²) >= 11 is 0. The molecule has 2 rings (SSSR count). The lowest BCUT2D eigenvalue weighted by molar-refractivity contribution is 0.0540. The lowest BCUT2D eigenvalue weighted by atomic mass is 9.80. The van der Waals surface area contributed by atoms with E-state index in [-0.39, 0.29) is 5.54 Å². The number of nitrogens with one attached hydrogen (secondary N) is 1. The SMILES string of the molecule is O=C(O)N1NCCC12CCCCC2. The molecule has 1 saturated heterocycles. The van der Waals surface area contributed by atoms with Gasteiger partial charge in [-0.1, -0.05) is 19.3 Å². The van der Waals surface area contributed by atoms with E-state index in [4.69, 9.17) is 5.11 Å². The van der Waals surface area contributed by atoms with Gasteiger partial charge in [0, 0.05) is 6.54 Å². The Balaban J connectivity index is 2.13. The van der Waals surface area contributed by atoms with Crippen molar-refractivity contribution in [2.45, 2.75) is 44.1 Å². The molecule has 1 amide bonds. The Hall–Kier alpha value is -0.770. The van der Waals surface area contributed by atoms with Crippen LogP contribution in [-0.2, 0) is 0 Å². The topological polar surface area (TPSA) is 52.6 Å². The summed E-state index contributed by atoms with van der Waals surface area (Å²) < 4.78 is 0. The van der Waals surface area contributed by atoms with Gasteiger partial charge < -0.3 is 5.11 Å². The summed E-state index contributed by atoms with van der Waals surface area (Å²) in [6, 6.07) is 0. The minimum absolute atomic E-state index is 0.0654. The summed E-state index contributed by atoms with van der Waals surface area (Å²) in [5.74, 6) is 0. The molecular formula is C9H16N2O2. The maximum absolute atomic E-state index is 10.9. The van der Waals surface area contributed by atoms with Gasteiger partial charge in [0.2, 0.25) is 0 Å². The number of rotatable bonds is 0. The van der Waals surface area contributed by atoms with Crippen LogP contribution in [-0.4, -0.2) is 28.3 Å². The third kappa shape index (κ3) is 1.39. The fourth-order valence-corrected chi connectivity index (χ4v) is 2.63. The van der Waals surface area contributed by atoms with Gasteiger partial charge in [0.05, 0.1) is 5.54 Å². The predicted octanol–water partition coefficient (Wildman–Crippen LogP) is 1.58. The molecule has 1 heterocycles. The molecule has 2 fully saturated rings. The first kappa shape index (κ1) is 8.81. The first-order valence-corrected chi connectivity index (χ1v) is 5.01. The third-order valence-corrected chi connectivity index (χ3v) is 3.31. The molecule has 0 unspecified atom stereocenters. The second kappa shape index (κ2) is 3.18. The van der Waals surface area contributed by atoms with E-state index in [0.29, 0.717) is 0 Å². The molecule has 0 radical (unpaired) electrons. The van der Waals surface area contributed by atoms with Crippen LogP contribution in [0.25, 0.3) is 0 Å². The van der Waals surface area contributed by atoms with Crippen LogP contribution in [0.2, 0.25) is 0 Å². The zero-order chi connectivity index (χ0) is 9.31. The number of hydrazine groups is 1. The normalized spacial score (nSPS) is 26.6. The third-order valence-electron chi connectivity index (χ3n) is 3.31. The van der Waals surface area contributed by atoms with Crippen molar-refractivity contribution in [3.63, 3.8) is 0 Å². The summed E-state index contributed by atoms with van der Waals surface area (Å²) in [4.78, 5) is 10.9. The molecule has 1 aliphatic carbocycles. The van der Waals surface area contributed by atoms with E-state index in [0.717, 1.165) is 25.8 Å². The highest BCUT2D eigenvalue weighted by Crippen LogP contribution is 2.37. The zero-order valence-corrected chi connectivity index (χ0v) is 7.75. The van der Waals surface area contributed by atoms with Gasteiger partial charge in [0.1, 0.15) is 0 Å². The van der Waals surface area contributed by atoms with Crippen LogP contribution < -0.4 is 5.43 Å². The van der Waals surface area contributed by atoms with Crippen LogP contribution in [0.4, 0.5) is 4.79 Å². The van der Waals surface area contributed by atoms with Gasteiger partial charge in [0.15, 0.2) is 0 Å². The highest BCUT2D eigenvalue weighted by atomic mass is 16.4. The van der Waals surface area contributed by atoms with E-state index in [9.17, 15) is 4.79 Å². The smallest absolute Gasteiger partial charge is 0.422 e. The first-order valence-electron chi connectivity index (χ1n) is 5.01. The Kier molecular flexibility index (Phi) is 2.15. The molecule has 0 aromatic rings. The molecule has 0 atom stereocenters. The van der Waals surface area contributed by atoms with E-state index in [2.05, 4.69) is 5.43 Å². The van der Waals surface area contributed by atoms with Gasteiger partial charge in [-0.15, -0.1) is 0 Å². The maximum atomic E-state index is 10.9. The fourth-order valence-electron chi connectivity index (χ4n) is 2.63. The van der Waals surface area contributed by atoms with Gasteiger partial charge in [-0.2, -0.15) is 0 Å². The van der Waals surface area contributed by atoms with E-state index >= 15 is 0 Å². The lowest BCUT2D eigenvalue weighted by Crippen LogP contribution is -2.51. The van der Waals surface area contributed by atoms with E-state index in [1.165, 1.54) is 24.3 Å². The maximum Gasteiger partial charge on any atom is 0.422 e. The van der Waals surface area contributed by atoms with Crippen LogP contribution in [0.1, 0.15) is 38.5 Å². The van der Waals surface area contributed by atoms with Crippen molar-refractivity contribution in [3.8, 4) is 0 Å². The van der Waals surface area contributed by atoms with Crippen molar-refractivity contribution in [1.82, 2.24) is 10.4 Å². The van der Waals surface area contributed by atoms with Crippen LogP contribution in [0, 0.1) is 0 Å². The molecule has 4 nitrogen and oxygen atoms in total. The van der Waals surface area contributed by atoms with Crippen LogP contribution in [0.5, 0.6) is 0 Å². The molecule has 74 valence electrons. The second-order valence-corrected chi connectivity index (χ2v) is 4.06.